The van der Waals surface area contributed by atoms with E-state index in [-0.39, 0.29) is 5.56 Å². The Bertz CT molecular complexity index is 730. The molecule has 2 rings (SSSR count). The Morgan fingerprint density at radius 2 is 1.80 bits per heavy atom. The first-order valence-corrected chi connectivity index (χ1v) is 7.45. The van der Waals surface area contributed by atoms with Gasteiger partial charge in [-0.05, 0) is 31.5 Å². The Morgan fingerprint density at radius 1 is 1.20 bits per heavy atom. The summed E-state index contributed by atoms with van der Waals surface area (Å²) >= 11 is 0. The minimum absolute atomic E-state index is 0.177. The summed E-state index contributed by atoms with van der Waals surface area (Å²) in [5, 5.41) is 12.1. The van der Waals surface area contributed by atoms with Crippen LogP contribution in [-0.2, 0) is 10.0 Å². The van der Waals surface area contributed by atoms with Gasteiger partial charge in [0.25, 0.3) is 10.0 Å². The molecule has 0 spiro atoms. The van der Waals surface area contributed by atoms with Crippen molar-refractivity contribution in [2.75, 3.05) is 0 Å². The van der Waals surface area contributed by atoms with Crippen molar-refractivity contribution in [2.45, 2.75) is 19.1 Å². The lowest BCUT2D eigenvalue weighted by molar-refractivity contribution is 0.0697. The molecule has 0 aliphatic heterocycles. The first kappa shape index (κ1) is 14.3. The van der Waals surface area contributed by atoms with Crippen LogP contribution in [0.4, 0.5) is 0 Å². The molecule has 20 heavy (non-hydrogen) atoms. The Kier molecular flexibility index (Phi) is 3.63. The van der Waals surface area contributed by atoms with Crippen LogP contribution in [0.25, 0.3) is 11.1 Å². The average molecular weight is 294 g/mol. The molecule has 0 aliphatic carbocycles. The third kappa shape index (κ3) is 2.57. The number of carbonyl (C=O) groups is 1. The van der Waals surface area contributed by atoms with E-state index in [1.54, 1.807) is 26.0 Å². The Balaban J connectivity index is 2.36. The minimum Gasteiger partial charge on any atom is -0.478 e. The van der Waals surface area contributed by atoms with E-state index in [0.717, 1.165) is 4.09 Å². The second-order valence-corrected chi connectivity index (χ2v) is 6.92. The summed E-state index contributed by atoms with van der Waals surface area (Å²) in [5.41, 5.74) is 1.50. The van der Waals surface area contributed by atoms with Crippen LogP contribution >= 0.6 is 0 Å². The molecule has 1 N–H and O–H groups in total. The molecule has 0 saturated heterocycles. The standard InChI is InChI=1S/C13H14N2O4S/c1-9(2)20(18,19)15-8-12(7-14-15)10-3-5-11(6-4-10)13(16)17/h3-9H,1-2H3,(H,16,17). The number of benzene rings is 1. The minimum atomic E-state index is -3.47. The van der Waals surface area contributed by atoms with Crippen molar-refractivity contribution in [3.05, 3.63) is 42.2 Å². The first-order chi connectivity index (χ1) is 9.32. The van der Waals surface area contributed by atoms with E-state index < -0.39 is 21.2 Å². The highest BCUT2D eigenvalue weighted by Crippen LogP contribution is 2.20. The normalized spacial score (nSPS) is 11.8. The van der Waals surface area contributed by atoms with Gasteiger partial charge in [0.2, 0.25) is 0 Å². The number of hydrogen-bond donors (Lipinski definition) is 1. The van der Waals surface area contributed by atoms with Crippen LogP contribution in [0.2, 0.25) is 0 Å². The zero-order valence-electron chi connectivity index (χ0n) is 11.0. The predicted octanol–water partition coefficient (Wildman–Crippen LogP) is 1.83. The predicted molar refractivity (Wildman–Crippen MR) is 74.1 cm³/mol. The highest BCUT2D eigenvalue weighted by Gasteiger charge is 2.19. The zero-order chi connectivity index (χ0) is 14.9. The number of carboxylic acids is 1. The van der Waals surface area contributed by atoms with Crippen LogP contribution in [0.5, 0.6) is 0 Å². The van der Waals surface area contributed by atoms with E-state index in [0.29, 0.717) is 11.1 Å². The van der Waals surface area contributed by atoms with E-state index in [1.165, 1.54) is 24.5 Å². The highest BCUT2D eigenvalue weighted by molar-refractivity contribution is 7.90. The second kappa shape index (κ2) is 5.09. The van der Waals surface area contributed by atoms with Gasteiger partial charge in [0.05, 0.1) is 23.2 Å². The van der Waals surface area contributed by atoms with Gasteiger partial charge in [0.1, 0.15) is 0 Å². The summed E-state index contributed by atoms with van der Waals surface area (Å²) in [6, 6.07) is 6.16. The highest BCUT2D eigenvalue weighted by atomic mass is 32.2. The van der Waals surface area contributed by atoms with Gasteiger partial charge in [-0.25, -0.2) is 13.2 Å². The molecule has 0 unspecified atom stereocenters. The van der Waals surface area contributed by atoms with E-state index in [9.17, 15) is 13.2 Å². The maximum atomic E-state index is 11.9. The lowest BCUT2D eigenvalue weighted by atomic mass is 10.1. The van der Waals surface area contributed by atoms with Crippen molar-refractivity contribution in [2.24, 2.45) is 0 Å². The molecule has 1 heterocycles. The van der Waals surface area contributed by atoms with Crippen molar-refractivity contribution in [1.29, 1.82) is 0 Å². The number of aromatic carboxylic acids is 1. The van der Waals surface area contributed by atoms with Gasteiger partial charge in [0.15, 0.2) is 0 Å². The van der Waals surface area contributed by atoms with Crippen molar-refractivity contribution in [1.82, 2.24) is 9.19 Å². The maximum absolute atomic E-state index is 11.9. The van der Waals surface area contributed by atoms with Gasteiger partial charge in [-0.1, -0.05) is 12.1 Å². The third-order valence-corrected chi connectivity index (χ3v) is 4.79. The topological polar surface area (TPSA) is 89.3 Å². The summed E-state index contributed by atoms with van der Waals surface area (Å²) in [6.07, 6.45) is 2.86. The molecule has 2 aromatic rings. The molecule has 0 amide bonds. The maximum Gasteiger partial charge on any atom is 0.335 e. The molecule has 0 bridgehead atoms. The van der Waals surface area contributed by atoms with Gasteiger partial charge in [-0.2, -0.15) is 9.19 Å². The molecule has 0 aliphatic rings. The summed E-state index contributed by atoms with van der Waals surface area (Å²) < 4.78 is 24.8. The lowest BCUT2D eigenvalue weighted by Gasteiger charge is -2.06. The molecule has 7 heteroatoms. The van der Waals surface area contributed by atoms with Gasteiger partial charge in [0, 0.05) is 5.56 Å². The van der Waals surface area contributed by atoms with Crippen LogP contribution in [-0.4, -0.2) is 33.9 Å². The van der Waals surface area contributed by atoms with Gasteiger partial charge in [-0.3, -0.25) is 0 Å². The fraction of sp³-hybridized carbons (Fsp3) is 0.231. The van der Waals surface area contributed by atoms with E-state index in [4.69, 9.17) is 5.11 Å². The van der Waals surface area contributed by atoms with E-state index in [2.05, 4.69) is 5.10 Å². The summed E-state index contributed by atoms with van der Waals surface area (Å²) in [5.74, 6) is -1.00. The molecule has 0 fully saturated rings. The summed E-state index contributed by atoms with van der Waals surface area (Å²) in [7, 11) is -3.47. The van der Waals surface area contributed by atoms with Gasteiger partial charge < -0.3 is 5.11 Å². The van der Waals surface area contributed by atoms with Crippen molar-refractivity contribution >= 4 is 16.0 Å². The molecule has 0 saturated carbocycles. The van der Waals surface area contributed by atoms with Crippen molar-refractivity contribution < 1.29 is 18.3 Å². The van der Waals surface area contributed by atoms with Crippen molar-refractivity contribution in [3.8, 4) is 11.1 Å². The Labute approximate surface area is 116 Å². The molecule has 6 nitrogen and oxygen atoms in total. The van der Waals surface area contributed by atoms with Crippen molar-refractivity contribution in [3.63, 3.8) is 0 Å². The number of nitrogens with zero attached hydrogens (tertiary/aromatic N) is 2. The average Bonchev–Trinajstić information content (AvgIpc) is 2.88. The third-order valence-electron chi connectivity index (χ3n) is 2.88. The fourth-order valence-corrected chi connectivity index (χ4v) is 2.49. The lowest BCUT2D eigenvalue weighted by Crippen LogP contribution is -2.22. The number of hydrogen-bond acceptors (Lipinski definition) is 4. The number of carboxylic acid groups (broad SMARTS) is 1. The Hall–Kier alpha value is -2.15. The van der Waals surface area contributed by atoms with Crippen LogP contribution in [0, 0.1) is 0 Å². The molecular formula is C13H14N2O4S. The molecular weight excluding hydrogens is 280 g/mol. The zero-order valence-corrected chi connectivity index (χ0v) is 11.8. The second-order valence-electron chi connectivity index (χ2n) is 4.58. The molecule has 1 aromatic carbocycles. The van der Waals surface area contributed by atoms with Crippen LogP contribution < -0.4 is 0 Å². The molecule has 106 valence electrons. The van der Waals surface area contributed by atoms with E-state index >= 15 is 0 Å². The van der Waals surface area contributed by atoms with Crippen LogP contribution in [0.15, 0.2) is 36.7 Å². The molecule has 1 aromatic heterocycles. The fourth-order valence-electron chi connectivity index (χ4n) is 1.61. The summed E-state index contributed by atoms with van der Waals surface area (Å²) in [4.78, 5) is 10.8. The van der Waals surface area contributed by atoms with Crippen LogP contribution in [0.1, 0.15) is 24.2 Å². The number of aromatic nitrogens is 2. The SMILES string of the molecule is CC(C)S(=O)(=O)n1cc(-c2ccc(C(=O)O)cc2)cn1. The van der Waals surface area contributed by atoms with Gasteiger partial charge in [-0.15, -0.1) is 0 Å². The molecule has 0 radical (unpaired) electrons. The van der Waals surface area contributed by atoms with Crippen LogP contribution in [0.3, 0.4) is 0 Å². The van der Waals surface area contributed by atoms with Gasteiger partial charge >= 0.3 is 5.97 Å². The molecule has 0 atom stereocenters. The quantitative estimate of drug-likeness (QED) is 0.929. The summed E-state index contributed by atoms with van der Waals surface area (Å²) in [6.45, 7) is 3.16. The largest absolute Gasteiger partial charge is 0.478 e. The number of rotatable bonds is 4. The monoisotopic (exact) mass is 294 g/mol. The van der Waals surface area contributed by atoms with E-state index in [1.807, 2.05) is 0 Å². The smallest absolute Gasteiger partial charge is 0.335 e. The Morgan fingerprint density at radius 3 is 2.30 bits per heavy atom. The first-order valence-electron chi connectivity index (χ1n) is 5.95.